The van der Waals surface area contributed by atoms with Gasteiger partial charge in [0.2, 0.25) is 0 Å². The number of amides is 1. The maximum atomic E-state index is 12.4. The van der Waals surface area contributed by atoms with E-state index >= 15 is 0 Å². The van der Waals surface area contributed by atoms with Gasteiger partial charge in [-0.1, -0.05) is 52.4 Å². The smallest absolute Gasteiger partial charge is 0.271 e. The Labute approximate surface area is 123 Å². The molecule has 1 N–H and O–H groups in total. The Kier molecular flexibility index (Phi) is 8.76. The van der Waals surface area contributed by atoms with Crippen molar-refractivity contribution in [3.63, 3.8) is 0 Å². The predicted octanol–water partition coefficient (Wildman–Crippen LogP) is 4.01. The number of aromatic amines is 1. The highest BCUT2D eigenvalue weighted by molar-refractivity contribution is 5.92. The zero-order valence-electron chi connectivity index (χ0n) is 13.0. The summed E-state index contributed by atoms with van der Waals surface area (Å²) in [4.78, 5) is 21.2. The van der Waals surface area contributed by atoms with Gasteiger partial charge in [0.1, 0.15) is 5.69 Å². The number of unbranched alkanes of at least 4 members (excludes halogenated alkanes) is 6. The van der Waals surface area contributed by atoms with Crippen molar-refractivity contribution in [2.45, 2.75) is 65.2 Å². The summed E-state index contributed by atoms with van der Waals surface area (Å²) in [5.74, 6) is 0.0931. The summed E-state index contributed by atoms with van der Waals surface area (Å²) in [6.45, 7) is 6.14. The number of carbonyl (C=O) groups is 1. The Morgan fingerprint density at radius 3 is 2.10 bits per heavy atom. The topological polar surface area (TPSA) is 49.0 Å². The van der Waals surface area contributed by atoms with Crippen LogP contribution in [0.1, 0.15) is 75.7 Å². The van der Waals surface area contributed by atoms with Crippen molar-refractivity contribution < 1.29 is 4.79 Å². The maximum Gasteiger partial charge on any atom is 0.271 e. The lowest BCUT2D eigenvalue weighted by Gasteiger charge is -2.22. The summed E-state index contributed by atoms with van der Waals surface area (Å²) in [5.41, 5.74) is 0.607. The van der Waals surface area contributed by atoms with E-state index in [0.29, 0.717) is 5.69 Å². The number of carbonyl (C=O) groups excluding carboxylic acids is 1. The van der Waals surface area contributed by atoms with Crippen LogP contribution in [0.5, 0.6) is 0 Å². The Morgan fingerprint density at radius 1 is 1.05 bits per heavy atom. The molecule has 1 aromatic heterocycles. The molecule has 0 atom stereocenters. The van der Waals surface area contributed by atoms with Gasteiger partial charge in [-0.2, -0.15) is 0 Å². The van der Waals surface area contributed by atoms with Crippen LogP contribution in [-0.4, -0.2) is 33.9 Å². The number of imidazole rings is 1. The number of rotatable bonds is 11. The zero-order valence-corrected chi connectivity index (χ0v) is 13.0. The molecule has 0 aliphatic carbocycles. The molecule has 0 aliphatic heterocycles. The van der Waals surface area contributed by atoms with Crippen LogP contribution in [0, 0.1) is 0 Å². The van der Waals surface area contributed by atoms with E-state index in [4.69, 9.17) is 0 Å². The highest BCUT2D eigenvalue weighted by Gasteiger charge is 2.15. The minimum atomic E-state index is 0.0931. The third-order valence-electron chi connectivity index (χ3n) is 3.58. The van der Waals surface area contributed by atoms with Crippen LogP contribution in [0.25, 0.3) is 0 Å². The van der Waals surface area contributed by atoms with Gasteiger partial charge in [0, 0.05) is 13.1 Å². The number of nitrogens with one attached hydrogen (secondary N) is 1. The van der Waals surface area contributed by atoms with Crippen molar-refractivity contribution in [1.29, 1.82) is 0 Å². The molecule has 0 fully saturated rings. The predicted molar refractivity (Wildman–Crippen MR) is 82.8 cm³/mol. The van der Waals surface area contributed by atoms with Crippen LogP contribution in [0.15, 0.2) is 12.5 Å². The van der Waals surface area contributed by atoms with Crippen molar-refractivity contribution in [1.82, 2.24) is 14.9 Å². The third kappa shape index (κ3) is 6.22. The summed E-state index contributed by atoms with van der Waals surface area (Å²) in [6.07, 6.45) is 12.8. The largest absolute Gasteiger partial charge is 0.341 e. The molecule has 114 valence electrons. The Hall–Kier alpha value is -1.32. The molecule has 0 aliphatic rings. The first-order valence-corrected chi connectivity index (χ1v) is 8.07. The van der Waals surface area contributed by atoms with Gasteiger partial charge in [0.25, 0.3) is 5.91 Å². The van der Waals surface area contributed by atoms with Crippen molar-refractivity contribution in [2.24, 2.45) is 0 Å². The summed E-state index contributed by atoms with van der Waals surface area (Å²) in [7, 11) is 0. The van der Waals surface area contributed by atoms with E-state index in [1.165, 1.54) is 38.5 Å². The van der Waals surface area contributed by atoms with Crippen LogP contribution >= 0.6 is 0 Å². The zero-order chi connectivity index (χ0) is 14.6. The van der Waals surface area contributed by atoms with E-state index in [1.807, 2.05) is 4.90 Å². The molecular weight excluding hydrogens is 250 g/mol. The maximum absolute atomic E-state index is 12.4. The Bertz CT molecular complexity index is 337. The van der Waals surface area contributed by atoms with Gasteiger partial charge in [-0.05, 0) is 12.8 Å². The molecular formula is C16H29N3O. The molecule has 4 nitrogen and oxygen atoms in total. The first-order valence-electron chi connectivity index (χ1n) is 8.07. The minimum Gasteiger partial charge on any atom is -0.341 e. The molecule has 0 unspecified atom stereocenters. The van der Waals surface area contributed by atoms with Crippen molar-refractivity contribution in [2.75, 3.05) is 13.1 Å². The molecule has 20 heavy (non-hydrogen) atoms. The first-order chi connectivity index (χ1) is 9.79. The fourth-order valence-corrected chi connectivity index (χ4v) is 2.32. The Morgan fingerprint density at radius 2 is 1.65 bits per heavy atom. The summed E-state index contributed by atoms with van der Waals surface area (Å²) >= 11 is 0. The van der Waals surface area contributed by atoms with Crippen LogP contribution in [0.4, 0.5) is 0 Å². The van der Waals surface area contributed by atoms with E-state index in [-0.39, 0.29) is 5.91 Å². The van der Waals surface area contributed by atoms with Crippen LogP contribution < -0.4 is 0 Å². The number of H-pyrrole nitrogens is 1. The molecule has 0 spiro atoms. The van der Waals surface area contributed by atoms with Crippen molar-refractivity contribution >= 4 is 5.91 Å². The van der Waals surface area contributed by atoms with Crippen molar-refractivity contribution in [3.05, 3.63) is 18.2 Å². The van der Waals surface area contributed by atoms with Crippen LogP contribution in [-0.2, 0) is 0 Å². The molecule has 1 heterocycles. The first kappa shape index (κ1) is 16.7. The van der Waals surface area contributed by atoms with Crippen LogP contribution in [0.3, 0.4) is 0 Å². The van der Waals surface area contributed by atoms with Crippen molar-refractivity contribution in [3.8, 4) is 0 Å². The monoisotopic (exact) mass is 279 g/mol. The lowest BCUT2D eigenvalue weighted by atomic mass is 10.1. The molecule has 0 aromatic carbocycles. The highest BCUT2D eigenvalue weighted by atomic mass is 16.2. The second-order valence-corrected chi connectivity index (χ2v) is 5.38. The van der Waals surface area contributed by atoms with Gasteiger partial charge in [0.05, 0.1) is 12.5 Å². The highest BCUT2D eigenvalue weighted by Crippen LogP contribution is 2.08. The second kappa shape index (κ2) is 10.5. The standard InChI is InChI=1S/C16H29N3O/c1-3-5-7-9-11-19(12-10-8-6-4-2)16(20)15-13-17-14-18-15/h13-14H,3-12H2,1-2H3,(H,17,18). The normalized spacial score (nSPS) is 10.7. The van der Waals surface area contributed by atoms with E-state index in [0.717, 1.165) is 25.9 Å². The average Bonchev–Trinajstić information content (AvgIpc) is 2.99. The van der Waals surface area contributed by atoms with Crippen LogP contribution in [0.2, 0.25) is 0 Å². The molecule has 1 amide bonds. The van der Waals surface area contributed by atoms with E-state index < -0.39 is 0 Å². The average molecular weight is 279 g/mol. The molecule has 0 radical (unpaired) electrons. The number of nitrogens with zero attached hydrogens (tertiary/aromatic N) is 2. The molecule has 0 saturated carbocycles. The van der Waals surface area contributed by atoms with E-state index in [2.05, 4.69) is 23.8 Å². The second-order valence-electron chi connectivity index (χ2n) is 5.38. The number of hydrogen-bond donors (Lipinski definition) is 1. The van der Waals surface area contributed by atoms with Gasteiger partial charge in [-0.25, -0.2) is 4.98 Å². The molecule has 0 bridgehead atoms. The fourth-order valence-electron chi connectivity index (χ4n) is 2.32. The molecule has 0 saturated heterocycles. The number of aromatic nitrogens is 2. The quantitative estimate of drug-likeness (QED) is 0.622. The van der Waals surface area contributed by atoms with Gasteiger partial charge < -0.3 is 9.88 Å². The summed E-state index contributed by atoms with van der Waals surface area (Å²) in [6, 6.07) is 0. The summed E-state index contributed by atoms with van der Waals surface area (Å²) < 4.78 is 0. The summed E-state index contributed by atoms with van der Waals surface area (Å²) in [5, 5.41) is 0. The number of hydrogen-bond acceptors (Lipinski definition) is 2. The molecule has 1 aromatic rings. The SMILES string of the molecule is CCCCCCN(CCCCCC)C(=O)c1cnc[nH]1. The Balaban J connectivity index is 2.43. The lowest BCUT2D eigenvalue weighted by Crippen LogP contribution is -2.33. The van der Waals surface area contributed by atoms with Gasteiger partial charge in [0.15, 0.2) is 0 Å². The minimum absolute atomic E-state index is 0.0931. The van der Waals surface area contributed by atoms with Gasteiger partial charge >= 0.3 is 0 Å². The van der Waals surface area contributed by atoms with E-state index in [1.54, 1.807) is 12.5 Å². The van der Waals surface area contributed by atoms with E-state index in [9.17, 15) is 4.79 Å². The molecule has 4 heteroatoms. The molecule has 1 rings (SSSR count). The lowest BCUT2D eigenvalue weighted by molar-refractivity contribution is 0.0744. The van der Waals surface area contributed by atoms with Gasteiger partial charge in [-0.3, -0.25) is 4.79 Å². The van der Waals surface area contributed by atoms with Gasteiger partial charge in [-0.15, -0.1) is 0 Å². The third-order valence-corrected chi connectivity index (χ3v) is 3.58. The fraction of sp³-hybridized carbons (Fsp3) is 0.750.